The first-order valence-electron chi connectivity index (χ1n) is 8.22. The average Bonchev–Trinajstić information content (AvgIpc) is 2.98. The Morgan fingerprint density at radius 1 is 1.00 bits per heavy atom. The zero-order chi connectivity index (χ0) is 19.0. The normalized spacial score (nSPS) is 14.3. The maximum Gasteiger partial charge on any atom is 0.263 e. The predicted octanol–water partition coefficient (Wildman–Crippen LogP) is 2.74. The van der Waals surface area contributed by atoms with Crippen molar-refractivity contribution in [3.63, 3.8) is 0 Å². The molecular formula is C20H14FN3O2S. The average molecular weight is 379 g/mol. The molecule has 0 aliphatic carbocycles. The van der Waals surface area contributed by atoms with Crippen molar-refractivity contribution in [2.45, 2.75) is 6.54 Å². The van der Waals surface area contributed by atoms with Crippen LogP contribution in [0.15, 0.2) is 60.3 Å². The molecule has 1 fully saturated rings. The molecule has 0 atom stereocenters. The van der Waals surface area contributed by atoms with Gasteiger partial charge in [-0.25, -0.2) is 4.39 Å². The fraction of sp³-hybridized carbons (Fsp3) is 0.0500. The van der Waals surface area contributed by atoms with Gasteiger partial charge in [0.1, 0.15) is 11.4 Å². The molecule has 1 aromatic heterocycles. The summed E-state index contributed by atoms with van der Waals surface area (Å²) >= 11 is 4.81. The molecule has 3 aromatic rings. The minimum Gasteiger partial charge on any atom is -0.342 e. The first-order valence-corrected chi connectivity index (χ1v) is 8.63. The molecule has 27 heavy (non-hydrogen) atoms. The highest BCUT2D eigenvalue weighted by molar-refractivity contribution is 7.80. The molecule has 1 saturated heterocycles. The highest BCUT2D eigenvalue weighted by Crippen LogP contribution is 2.25. The Morgan fingerprint density at radius 2 is 1.67 bits per heavy atom. The van der Waals surface area contributed by atoms with Gasteiger partial charge in [-0.2, -0.15) is 0 Å². The first-order chi connectivity index (χ1) is 13.0. The molecule has 0 bridgehead atoms. The predicted molar refractivity (Wildman–Crippen MR) is 104 cm³/mol. The lowest BCUT2D eigenvalue weighted by molar-refractivity contribution is -0.123. The number of rotatable bonds is 3. The molecule has 2 N–H and O–H groups in total. The minimum absolute atomic E-state index is 0.0101. The molecule has 0 spiro atoms. The summed E-state index contributed by atoms with van der Waals surface area (Å²) in [6.07, 6.45) is 3.32. The third-order valence-corrected chi connectivity index (χ3v) is 4.57. The van der Waals surface area contributed by atoms with Gasteiger partial charge in [-0.05, 0) is 30.4 Å². The van der Waals surface area contributed by atoms with Gasteiger partial charge in [0.25, 0.3) is 11.8 Å². The lowest BCUT2D eigenvalue weighted by atomic mass is 10.1. The zero-order valence-electron chi connectivity index (χ0n) is 14.0. The number of hydrogen-bond acceptors (Lipinski definition) is 3. The third-order valence-electron chi connectivity index (χ3n) is 4.36. The van der Waals surface area contributed by atoms with Crippen molar-refractivity contribution in [3.8, 4) is 0 Å². The fourth-order valence-corrected chi connectivity index (χ4v) is 3.28. The van der Waals surface area contributed by atoms with Gasteiger partial charge in [-0.1, -0.05) is 36.4 Å². The highest BCUT2D eigenvalue weighted by Gasteiger charge is 2.26. The smallest absolute Gasteiger partial charge is 0.263 e. The standard InChI is InChI=1S/C20H14FN3O2S/c21-16-7-3-1-5-12(16)10-24-11-13(14-6-2-4-8-17(14)24)9-15-18(25)22-20(27)23-19(15)26/h1-9,11H,10H2,(H2,22,23,25,26,27). The summed E-state index contributed by atoms with van der Waals surface area (Å²) < 4.78 is 15.9. The second-order valence-electron chi connectivity index (χ2n) is 6.12. The van der Waals surface area contributed by atoms with Crippen LogP contribution in [0.1, 0.15) is 11.1 Å². The number of halogens is 1. The Labute approximate surface area is 159 Å². The van der Waals surface area contributed by atoms with Crippen molar-refractivity contribution < 1.29 is 14.0 Å². The van der Waals surface area contributed by atoms with E-state index in [4.69, 9.17) is 12.2 Å². The number of hydrogen-bond donors (Lipinski definition) is 2. The Balaban J connectivity index is 1.80. The number of carbonyl (C=O) groups excluding carboxylic acids is 2. The van der Waals surface area contributed by atoms with Crippen molar-refractivity contribution in [1.82, 2.24) is 15.2 Å². The molecule has 0 saturated carbocycles. The summed E-state index contributed by atoms with van der Waals surface area (Å²) in [6, 6.07) is 14.1. The van der Waals surface area contributed by atoms with Crippen molar-refractivity contribution >= 4 is 46.1 Å². The van der Waals surface area contributed by atoms with E-state index < -0.39 is 11.8 Å². The van der Waals surface area contributed by atoms with E-state index in [1.807, 2.05) is 28.8 Å². The second kappa shape index (κ2) is 6.77. The van der Waals surface area contributed by atoms with Crippen molar-refractivity contribution in [2.24, 2.45) is 0 Å². The van der Waals surface area contributed by atoms with E-state index in [0.717, 1.165) is 10.9 Å². The van der Waals surface area contributed by atoms with Crippen molar-refractivity contribution in [2.75, 3.05) is 0 Å². The van der Waals surface area contributed by atoms with Crippen LogP contribution in [0.25, 0.3) is 17.0 Å². The molecule has 5 nitrogen and oxygen atoms in total. The molecular weight excluding hydrogens is 365 g/mol. The van der Waals surface area contributed by atoms with E-state index in [1.54, 1.807) is 24.4 Å². The number of fused-ring (bicyclic) bond motifs is 1. The van der Waals surface area contributed by atoms with Crippen molar-refractivity contribution in [1.29, 1.82) is 0 Å². The molecule has 2 heterocycles. The van der Waals surface area contributed by atoms with Crippen LogP contribution in [0, 0.1) is 5.82 Å². The molecule has 7 heteroatoms. The van der Waals surface area contributed by atoms with E-state index in [1.165, 1.54) is 12.1 Å². The molecule has 1 aliphatic rings. The number of benzene rings is 2. The Bertz CT molecular complexity index is 1110. The van der Waals surface area contributed by atoms with Gasteiger partial charge >= 0.3 is 0 Å². The van der Waals surface area contributed by atoms with Gasteiger partial charge in [0, 0.05) is 28.2 Å². The quantitative estimate of drug-likeness (QED) is 0.418. The molecule has 1 aliphatic heterocycles. The second-order valence-corrected chi connectivity index (χ2v) is 6.52. The van der Waals surface area contributed by atoms with Gasteiger partial charge in [-0.15, -0.1) is 0 Å². The van der Waals surface area contributed by atoms with Gasteiger partial charge in [0.2, 0.25) is 0 Å². The largest absolute Gasteiger partial charge is 0.342 e. The summed E-state index contributed by atoms with van der Waals surface area (Å²) in [5.74, 6) is -1.38. The molecule has 0 unspecified atom stereocenters. The van der Waals surface area contributed by atoms with Gasteiger partial charge < -0.3 is 4.57 Å². The number of carbonyl (C=O) groups is 2. The monoisotopic (exact) mass is 379 g/mol. The molecule has 2 aromatic carbocycles. The molecule has 4 rings (SSSR count). The van der Waals surface area contributed by atoms with Crippen LogP contribution in [0.4, 0.5) is 4.39 Å². The van der Waals surface area contributed by atoms with E-state index in [9.17, 15) is 14.0 Å². The Kier molecular flexibility index (Phi) is 4.29. The van der Waals surface area contributed by atoms with Crippen LogP contribution in [-0.2, 0) is 16.1 Å². The van der Waals surface area contributed by atoms with Crippen molar-refractivity contribution in [3.05, 3.63) is 77.2 Å². The van der Waals surface area contributed by atoms with Crippen LogP contribution in [-0.4, -0.2) is 21.5 Å². The number of para-hydroxylation sites is 1. The number of amides is 2. The molecule has 2 amide bonds. The van der Waals surface area contributed by atoms with Crippen LogP contribution in [0.2, 0.25) is 0 Å². The maximum atomic E-state index is 14.1. The number of aromatic nitrogens is 1. The lowest BCUT2D eigenvalue weighted by Gasteiger charge is -2.16. The summed E-state index contributed by atoms with van der Waals surface area (Å²) in [7, 11) is 0. The van der Waals surface area contributed by atoms with Crippen LogP contribution in [0.3, 0.4) is 0 Å². The van der Waals surface area contributed by atoms with Gasteiger partial charge in [-0.3, -0.25) is 20.2 Å². The lowest BCUT2D eigenvalue weighted by Crippen LogP contribution is -2.51. The number of nitrogens with one attached hydrogen (secondary N) is 2. The molecule has 0 radical (unpaired) electrons. The summed E-state index contributed by atoms with van der Waals surface area (Å²) in [5, 5.41) is 5.68. The van der Waals surface area contributed by atoms with E-state index in [2.05, 4.69) is 10.6 Å². The third kappa shape index (κ3) is 3.24. The molecule has 134 valence electrons. The van der Waals surface area contributed by atoms with E-state index in [0.29, 0.717) is 17.7 Å². The van der Waals surface area contributed by atoms with E-state index in [-0.39, 0.29) is 16.5 Å². The zero-order valence-corrected chi connectivity index (χ0v) is 14.8. The first kappa shape index (κ1) is 17.1. The summed E-state index contributed by atoms with van der Waals surface area (Å²) in [6.45, 7) is 0.332. The Hall–Kier alpha value is -3.32. The SMILES string of the molecule is O=C1NC(=S)NC(=O)C1=Cc1cn(Cc2ccccc2F)c2ccccc12. The summed E-state index contributed by atoms with van der Waals surface area (Å²) in [4.78, 5) is 24.2. The number of nitrogens with zero attached hydrogens (tertiary/aromatic N) is 1. The highest BCUT2D eigenvalue weighted by atomic mass is 32.1. The summed E-state index contributed by atoms with van der Waals surface area (Å²) in [5.41, 5.74) is 2.09. The Morgan fingerprint density at radius 3 is 2.41 bits per heavy atom. The van der Waals surface area contributed by atoms with E-state index >= 15 is 0 Å². The number of thiocarbonyl (C=S) groups is 1. The van der Waals surface area contributed by atoms with Crippen LogP contribution in [0.5, 0.6) is 0 Å². The van der Waals surface area contributed by atoms with Crippen LogP contribution < -0.4 is 10.6 Å². The topological polar surface area (TPSA) is 63.1 Å². The van der Waals surface area contributed by atoms with Gasteiger partial charge in [0.15, 0.2) is 5.11 Å². The fourth-order valence-electron chi connectivity index (χ4n) is 3.09. The van der Waals surface area contributed by atoms with Gasteiger partial charge in [0.05, 0.1) is 6.54 Å². The minimum atomic E-state index is -0.547. The van der Waals surface area contributed by atoms with Crippen LogP contribution >= 0.6 is 12.2 Å². The maximum absolute atomic E-state index is 14.1.